The number of nitrogens with zero attached hydrogens (tertiary/aromatic N) is 1. The third-order valence-electron chi connectivity index (χ3n) is 3.53. The molecule has 0 unspecified atom stereocenters. The van der Waals surface area contributed by atoms with Gasteiger partial charge in [-0.1, -0.05) is 48.0 Å². The smallest absolute Gasteiger partial charge is 0.254 e. The summed E-state index contributed by atoms with van der Waals surface area (Å²) < 4.78 is 7.37. The lowest BCUT2D eigenvalue weighted by Gasteiger charge is -2.11. The number of pyridine rings is 1. The highest BCUT2D eigenvalue weighted by Crippen LogP contribution is 2.22. The summed E-state index contributed by atoms with van der Waals surface area (Å²) in [6.45, 7) is 2.19. The summed E-state index contributed by atoms with van der Waals surface area (Å²) in [6.07, 6.45) is 0. The Hall–Kier alpha value is -2.52. The van der Waals surface area contributed by atoms with Crippen molar-refractivity contribution in [3.8, 4) is 11.5 Å². The van der Waals surface area contributed by atoms with Gasteiger partial charge in [-0.15, -0.1) is 0 Å². The first-order valence-corrected chi connectivity index (χ1v) is 7.69. The summed E-state index contributed by atoms with van der Waals surface area (Å²) in [5.41, 5.74) is 1.55. The Kier molecular flexibility index (Phi) is 4.49. The number of halogens is 1. The summed E-state index contributed by atoms with van der Waals surface area (Å²) >= 11 is 6.15. The fourth-order valence-electron chi connectivity index (χ4n) is 2.33. The van der Waals surface area contributed by atoms with Crippen LogP contribution in [0.1, 0.15) is 11.1 Å². The van der Waals surface area contributed by atoms with Gasteiger partial charge in [-0.2, -0.15) is 0 Å². The van der Waals surface area contributed by atoms with Crippen molar-refractivity contribution in [3.05, 3.63) is 93.4 Å². The van der Waals surface area contributed by atoms with Gasteiger partial charge in [-0.05, 0) is 42.8 Å². The second kappa shape index (κ2) is 6.71. The summed E-state index contributed by atoms with van der Waals surface area (Å²) in [7, 11) is 0. The minimum Gasteiger partial charge on any atom is -0.457 e. The SMILES string of the molecule is Cc1ccc(Cl)n(Cc2cccc(Oc3ccccc3)c2)c1=O. The predicted octanol–water partition coefficient (Wildman–Crippen LogP) is 4.65. The van der Waals surface area contributed by atoms with Crippen LogP contribution in [0.5, 0.6) is 11.5 Å². The summed E-state index contributed by atoms with van der Waals surface area (Å²) in [5.74, 6) is 1.50. The fourth-order valence-corrected chi connectivity index (χ4v) is 2.53. The van der Waals surface area contributed by atoms with E-state index in [9.17, 15) is 4.79 Å². The molecule has 0 saturated carbocycles. The zero-order valence-corrected chi connectivity index (χ0v) is 13.5. The summed E-state index contributed by atoms with van der Waals surface area (Å²) in [5, 5.41) is 0.426. The molecule has 0 aliphatic carbocycles. The third-order valence-corrected chi connectivity index (χ3v) is 3.86. The highest BCUT2D eigenvalue weighted by Gasteiger charge is 2.06. The van der Waals surface area contributed by atoms with Gasteiger partial charge in [0.2, 0.25) is 0 Å². The first kappa shape index (κ1) is 15.4. The van der Waals surface area contributed by atoms with E-state index in [0.29, 0.717) is 17.3 Å². The number of rotatable bonds is 4. The zero-order chi connectivity index (χ0) is 16.2. The Morgan fingerprint density at radius 3 is 2.48 bits per heavy atom. The number of aromatic nitrogens is 1. The van der Waals surface area contributed by atoms with Crippen LogP contribution in [-0.4, -0.2) is 4.57 Å². The average molecular weight is 326 g/mol. The fraction of sp³-hybridized carbons (Fsp3) is 0.105. The molecule has 0 aliphatic rings. The van der Waals surface area contributed by atoms with Gasteiger partial charge in [-0.3, -0.25) is 9.36 Å². The standard InChI is InChI=1S/C19H16ClNO2/c1-14-10-11-18(20)21(19(14)22)13-15-6-5-9-17(12-15)23-16-7-3-2-4-8-16/h2-12H,13H2,1H3. The zero-order valence-electron chi connectivity index (χ0n) is 12.7. The van der Waals surface area contributed by atoms with E-state index in [0.717, 1.165) is 17.1 Å². The monoisotopic (exact) mass is 325 g/mol. The molecule has 1 aromatic heterocycles. The molecule has 0 fully saturated rings. The maximum atomic E-state index is 12.2. The van der Waals surface area contributed by atoms with Crippen molar-refractivity contribution < 1.29 is 4.74 Å². The molecule has 0 radical (unpaired) electrons. The van der Waals surface area contributed by atoms with Gasteiger partial charge in [0, 0.05) is 5.56 Å². The van der Waals surface area contributed by atoms with E-state index in [1.54, 1.807) is 23.6 Å². The van der Waals surface area contributed by atoms with Crippen LogP contribution in [-0.2, 0) is 6.54 Å². The van der Waals surface area contributed by atoms with Gasteiger partial charge in [0.25, 0.3) is 5.56 Å². The van der Waals surface area contributed by atoms with Crippen molar-refractivity contribution in [1.82, 2.24) is 4.57 Å². The molecule has 0 N–H and O–H groups in total. The van der Waals surface area contributed by atoms with Crippen molar-refractivity contribution >= 4 is 11.6 Å². The second-order valence-electron chi connectivity index (χ2n) is 5.29. The van der Waals surface area contributed by atoms with Gasteiger partial charge in [0.1, 0.15) is 16.7 Å². The van der Waals surface area contributed by atoms with Crippen LogP contribution in [0.15, 0.2) is 71.5 Å². The van der Waals surface area contributed by atoms with Crippen molar-refractivity contribution in [3.63, 3.8) is 0 Å². The first-order valence-electron chi connectivity index (χ1n) is 7.31. The molecule has 1 heterocycles. The van der Waals surface area contributed by atoms with E-state index in [2.05, 4.69) is 0 Å². The van der Waals surface area contributed by atoms with Crippen molar-refractivity contribution in [2.75, 3.05) is 0 Å². The Balaban J connectivity index is 1.86. The third kappa shape index (κ3) is 3.63. The molecule has 0 aliphatic heterocycles. The minimum atomic E-state index is -0.0770. The van der Waals surface area contributed by atoms with Gasteiger partial charge >= 0.3 is 0 Å². The molecular formula is C19H16ClNO2. The quantitative estimate of drug-likeness (QED) is 0.654. The Morgan fingerprint density at radius 1 is 0.957 bits per heavy atom. The lowest BCUT2D eigenvalue weighted by atomic mass is 10.2. The molecule has 3 aromatic rings. The molecule has 23 heavy (non-hydrogen) atoms. The topological polar surface area (TPSA) is 31.2 Å². The number of benzene rings is 2. The molecule has 3 nitrogen and oxygen atoms in total. The molecule has 0 saturated heterocycles. The number of para-hydroxylation sites is 1. The van der Waals surface area contributed by atoms with E-state index in [1.165, 1.54) is 0 Å². The molecule has 0 amide bonds. The highest BCUT2D eigenvalue weighted by molar-refractivity contribution is 6.29. The maximum absolute atomic E-state index is 12.2. The van der Waals surface area contributed by atoms with E-state index in [-0.39, 0.29) is 5.56 Å². The second-order valence-corrected chi connectivity index (χ2v) is 5.68. The molecule has 3 rings (SSSR count). The summed E-state index contributed by atoms with van der Waals surface area (Å²) in [6, 6.07) is 20.7. The van der Waals surface area contributed by atoms with Crippen LogP contribution >= 0.6 is 11.6 Å². The van der Waals surface area contributed by atoms with Crippen molar-refractivity contribution in [1.29, 1.82) is 0 Å². The Morgan fingerprint density at radius 2 is 1.70 bits per heavy atom. The molecule has 116 valence electrons. The lowest BCUT2D eigenvalue weighted by Crippen LogP contribution is -2.23. The minimum absolute atomic E-state index is 0.0770. The van der Waals surface area contributed by atoms with Gasteiger partial charge in [0.15, 0.2) is 0 Å². The van der Waals surface area contributed by atoms with E-state index < -0.39 is 0 Å². The van der Waals surface area contributed by atoms with Crippen molar-refractivity contribution in [2.45, 2.75) is 13.5 Å². The Bertz CT molecular complexity index is 872. The average Bonchev–Trinajstić information content (AvgIpc) is 2.56. The van der Waals surface area contributed by atoms with Crippen LogP contribution < -0.4 is 10.3 Å². The van der Waals surface area contributed by atoms with E-state index >= 15 is 0 Å². The maximum Gasteiger partial charge on any atom is 0.254 e. The summed E-state index contributed by atoms with van der Waals surface area (Å²) in [4.78, 5) is 12.2. The Labute approximate surface area is 139 Å². The lowest BCUT2D eigenvalue weighted by molar-refractivity contribution is 0.481. The van der Waals surface area contributed by atoms with Crippen LogP contribution in [0.25, 0.3) is 0 Å². The van der Waals surface area contributed by atoms with Gasteiger partial charge in [0.05, 0.1) is 6.54 Å². The van der Waals surface area contributed by atoms with Crippen LogP contribution in [0.4, 0.5) is 0 Å². The van der Waals surface area contributed by atoms with Crippen LogP contribution in [0.3, 0.4) is 0 Å². The molecule has 0 atom stereocenters. The number of ether oxygens (including phenoxy) is 1. The van der Waals surface area contributed by atoms with E-state index in [4.69, 9.17) is 16.3 Å². The number of aryl methyl sites for hydroxylation is 1. The number of hydrogen-bond acceptors (Lipinski definition) is 2. The van der Waals surface area contributed by atoms with Gasteiger partial charge < -0.3 is 4.74 Å². The van der Waals surface area contributed by atoms with Crippen molar-refractivity contribution in [2.24, 2.45) is 0 Å². The van der Waals surface area contributed by atoms with Crippen LogP contribution in [0, 0.1) is 6.92 Å². The highest BCUT2D eigenvalue weighted by atomic mass is 35.5. The molecule has 0 bridgehead atoms. The molecule has 0 spiro atoms. The largest absolute Gasteiger partial charge is 0.457 e. The van der Waals surface area contributed by atoms with Gasteiger partial charge in [-0.25, -0.2) is 0 Å². The first-order chi connectivity index (χ1) is 11.1. The molecule has 4 heteroatoms. The molecular weight excluding hydrogens is 310 g/mol. The van der Waals surface area contributed by atoms with E-state index in [1.807, 2.05) is 54.6 Å². The molecule has 2 aromatic carbocycles. The predicted molar refractivity (Wildman–Crippen MR) is 92.5 cm³/mol. The van der Waals surface area contributed by atoms with Crippen LogP contribution in [0.2, 0.25) is 5.15 Å². The number of hydrogen-bond donors (Lipinski definition) is 0. The normalized spacial score (nSPS) is 10.5.